The molecule has 0 saturated carbocycles. The Morgan fingerprint density at radius 1 is 1.47 bits per heavy atom. The molecule has 1 rings (SSSR count). The molecule has 1 N–H and O–H groups in total. The number of nitrogens with one attached hydrogen (secondary N) is 1. The maximum Gasteiger partial charge on any atom is 0.0166 e. The highest BCUT2D eigenvalue weighted by Crippen LogP contribution is 2.08. The molecule has 0 amide bonds. The summed E-state index contributed by atoms with van der Waals surface area (Å²) < 4.78 is 0. The molecule has 0 spiro atoms. The normalized spacial score (nSPS) is 26.6. The van der Waals surface area contributed by atoms with E-state index in [1.165, 1.54) is 39.0 Å². The SMILES string of the molecule is CC1CN(C(C)CCN(C)C)CCCN1. The van der Waals surface area contributed by atoms with Crippen molar-refractivity contribution in [1.82, 2.24) is 15.1 Å². The summed E-state index contributed by atoms with van der Waals surface area (Å²) in [6, 6.07) is 1.36. The Bertz CT molecular complexity index is 170. The Kier molecular flexibility index (Phi) is 5.58. The molecule has 15 heavy (non-hydrogen) atoms. The van der Waals surface area contributed by atoms with E-state index >= 15 is 0 Å². The van der Waals surface area contributed by atoms with Crippen LogP contribution in [0.25, 0.3) is 0 Å². The van der Waals surface area contributed by atoms with Crippen LogP contribution in [0.5, 0.6) is 0 Å². The van der Waals surface area contributed by atoms with E-state index in [9.17, 15) is 0 Å². The zero-order valence-corrected chi connectivity index (χ0v) is 10.8. The van der Waals surface area contributed by atoms with Crippen molar-refractivity contribution in [3.63, 3.8) is 0 Å². The fourth-order valence-corrected chi connectivity index (χ4v) is 2.17. The molecular weight excluding hydrogens is 186 g/mol. The lowest BCUT2D eigenvalue weighted by atomic mass is 10.1. The lowest BCUT2D eigenvalue weighted by molar-refractivity contribution is 0.187. The monoisotopic (exact) mass is 213 g/mol. The van der Waals surface area contributed by atoms with Gasteiger partial charge in [0.1, 0.15) is 0 Å². The van der Waals surface area contributed by atoms with Crippen molar-refractivity contribution in [2.75, 3.05) is 40.3 Å². The van der Waals surface area contributed by atoms with Crippen LogP contribution in [0.15, 0.2) is 0 Å². The van der Waals surface area contributed by atoms with Gasteiger partial charge in [0, 0.05) is 18.6 Å². The van der Waals surface area contributed by atoms with Crippen LogP contribution in [-0.2, 0) is 0 Å². The van der Waals surface area contributed by atoms with Gasteiger partial charge >= 0.3 is 0 Å². The average molecular weight is 213 g/mol. The van der Waals surface area contributed by atoms with Gasteiger partial charge in [0.05, 0.1) is 0 Å². The van der Waals surface area contributed by atoms with Crippen LogP contribution in [0.2, 0.25) is 0 Å². The Balaban J connectivity index is 2.32. The van der Waals surface area contributed by atoms with Gasteiger partial charge in [0.25, 0.3) is 0 Å². The molecule has 3 heteroatoms. The van der Waals surface area contributed by atoms with Crippen LogP contribution in [0, 0.1) is 0 Å². The van der Waals surface area contributed by atoms with Crippen molar-refractivity contribution in [3.05, 3.63) is 0 Å². The predicted molar refractivity (Wildman–Crippen MR) is 66.3 cm³/mol. The summed E-state index contributed by atoms with van der Waals surface area (Å²) in [5.41, 5.74) is 0. The molecule has 0 radical (unpaired) electrons. The zero-order valence-electron chi connectivity index (χ0n) is 10.8. The van der Waals surface area contributed by atoms with Gasteiger partial charge < -0.3 is 10.2 Å². The lowest BCUT2D eigenvalue weighted by Gasteiger charge is -2.29. The fourth-order valence-electron chi connectivity index (χ4n) is 2.17. The van der Waals surface area contributed by atoms with Crippen LogP contribution in [0.1, 0.15) is 26.7 Å². The largest absolute Gasteiger partial charge is 0.313 e. The maximum atomic E-state index is 3.54. The smallest absolute Gasteiger partial charge is 0.0166 e. The van der Waals surface area contributed by atoms with E-state index in [-0.39, 0.29) is 0 Å². The van der Waals surface area contributed by atoms with Gasteiger partial charge in [-0.25, -0.2) is 0 Å². The maximum absolute atomic E-state index is 3.54. The van der Waals surface area contributed by atoms with Crippen molar-refractivity contribution in [1.29, 1.82) is 0 Å². The lowest BCUT2D eigenvalue weighted by Crippen LogP contribution is -2.41. The summed E-state index contributed by atoms with van der Waals surface area (Å²) in [5, 5.41) is 3.54. The summed E-state index contributed by atoms with van der Waals surface area (Å²) in [6.07, 6.45) is 2.57. The van der Waals surface area contributed by atoms with E-state index in [2.05, 4.69) is 43.1 Å². The highest BCUT2D eigenvalue weighted by molar-refractivity contribution is 4.77. The first kappa shape index (κ1) is 12.9. The van der Waals surface area contributed by atoms with Crippen LogP contribution < -0.4 is 5.32 Å². The van der Waals surface area contributed by atoms with Gasteiger partial charge in [0.2, 0.25) is 0 Å². The molecule has 1 fully saturated rings. The molecule has 1 aliphatic rings. The van der Waals surface area contributed by atoms with Crippen LogP contribution in [0.4, 0.5) is 0 Å². The van der Waals surface area contributed by atoms with Crippen molar-refractivity contribution >= 4 is 0 Å². The van der Waals surface area contributed by atoms with E-state index in [4.69, 9.17) is 0 Å². The minimum absolute atomic E-state index is 0.648. The minimum atomic E-state index is 0.648. The Hall–Kier alpha value is -0.120. The Morgan fingerprint density at radius 2 is 2.20 bits per heavy atom. The van der Waals surface area contributed by atoms with E-state index in [1.54, 1.807) is 0 Å². The van der Waals surface area contributed by atoms with Crippen molar-refractivity contribution in [2.24, 2.45) is 0 Å². The van der Waals surface area contributed by atoms with Gasteiger partial charge in [-0.3, -0.25) is 4.90 Å². The van der Waals surface area contributed by atoms with Crippen LogP contribution in [-0.4, -0.2) is 62.2 Å². The second-order valence-corrected chi connectivity index (χ2v) is 5.14. The molecule has 0 aromatic rings. The van der Waals surface area contributed by atoms with Gasteiger partial charge in [-0.15, -0.1) is 0 Å². The topological polar surface area (TPSA) is 18.5 Å². The van der Waals surface area contributed by atoms with E-state index < -0.39 is 0 Å². The third kappa shape index (κ3) is 4.96. The fraction of sp³-hybridized carbons (Fsp3) is 1.00. The van der Waals surface area contributed by atoms with E-state index in [0.717, 1.165) is 6.04 Å². The van der Waals surface area contributed by atoms with Gasteiger partial charge in [0.15, 0.2) is 0 Å². The van der Waals surface area contributed by atoms with Crippen molar-refractivity contribution in [2.45, 2.75) is 38.8 Å². The number of hydrogen-bond donors (Lipinski definition) is 1. The number of nitrogens with zero attached hydrogens (tertiary/aromatic N) is 2. The average Bonchev–Trinajstić information content (AvgIpc) is 2.39. The third-order valence-electron chi connectivity index (χ3n) is 3.24. The molecule has 0 aromatic carbocycles. The number of hydrogen-bond acceptors (Lipinski definition) is 3. The molecule has 1 heterocycles. The molecule has 2 atom stereocenters. The zero-order chi connectivity index (χ0) is 11.3. The van der Waals surface area contributed by atoms with Crippen LogP contribution in [0.3, 0.4) is 0 Å². The molecule has 0 bridgehead atoms. The standard InChI is InChI=1S/C12H27N3/c1-11-10-15(8-5-7-13-11)12(2)6-9-14(3)4/h11-13H,5-10H2,1-4H3. The first-order valence-corrected chi connectivity index (χ1v) is 6.21. The summed E-state index contributed by atoms with van der Waals surface area (Å²) in [6.45, 7) is 9.48. The highest BCUT2D eigenvalue weighted by atomic mass is 15.2. The third-order valence-corrected chi connectivity index (χ3v) is 3.24. The van der Waals surface area contributed by atoms with Crippen molar-refractivity contribution in [3.8, 4) is 0 Å². The molecule has 0 aliphatic carbocycles. The molecule has 2 unspecified atom stereocenters. The predicted octanol–water partition coefficient (Wildman–Crippen LogP) is 1.01. The first-order valence-electron chi connectivity index (χ1n) is 6.21. The quantitative estimate of drug-likeness (QED) is 0.752. The summed E-state index contributed by atoms with van der Waals surface area (Å²) >= 11 is 0. The summed E-state index contributed by atoms with van der Waals surface area (Å²) in [4.78, 5) is 4.91. The Morgan fingerprint density at radius 3 is 2.87 bits per heavy atom. The van der Waals surface area contributed by atoms with E-state index in [1.807, 2.05) is 0 Å². The van der Waals surface area contributed by atoms with E-state index in [0.29, 0.717) is 6.04 Å². The Labute approximate surface area is 94.8 Å². The number of rotatable bonds is 4. The van der Waals surface area contributed by atoms with Gasteiger partial charge in [-0.2, -0.15) is 0 Å². The molecular formula is C12H27N3. The van der Waals surface area contributed by atoms with Gasteiger partial charge in [-0.1, -0.05) is 0 Å². The second kappa shape index (κ2) is 6.46. The highest BCUT2D eigenvalue weighted by Gasteiger charge is 2.18. The molecule has 0 aromatic heterocycles. The second-order valence-electron chi connectivity index (χ2n) is 5.14. The molecule has 90 valence electrons. The summed E-state index contributed by atoms with van der Waals surface area (Å²) in [7, 11) is 4.30. The summed E-state index contributed by atoms with van der Waals surface area (Å²) in [5.74, 6) is 0. The van der Waals surface area contributed by atoms with Crippen LogP contribution >= 0.6 is 0 Å². The first-order chi connectivity index (χ1) is 7.09. The molecule has 3 nitrogen and oxygen atoms in total. The van der Waals surface area contributed by atoms with Crippen molar-refractivity contribution < 1.29 is 0 Å². The molecule has 1 aliphatic heterocycles. The van der Waals surface area contributed by atoms with Gasteiger partial charge in [-0.05, 0) is 60.4 Å². The minimum Gasteiger partial charge on any atom is -0.313 e. The molecule has 1 saturated heterocycles.